The lowest BCUT2D eigenvalue weighted by Gasteiger charge is -2.39. The van der Waals surface area contributed by atoms with E-state index < -0.39 is 0 Å². The van der Waals surface area contributed by atoms with Gasteiger partial charge in [-0.05, 0) is 63.9 Å². The molecule has 1 aromatic rings. The van der Waals surface area contributed by atoms with Crippen molar-refractivity contribution >= 4 is 11.3 Å². The number of rotatable bonds is 4. The molecule has 0 aromatic carbocycles. The third kappa shape index (κ3) is 3.50. The molecule has 2 aliphatic heterocycles. The van der Waals surface area contributed by atoms with Crippen LogP contribution in [0.2, 0.25) is 0 Å². The lowest BCUT2D eigenvalue weighted by atomic mass is 9.76. The molecule has 3 heterocycles. The van der Waals surface area contributed by atoms with Gasteiger partial charge < -0.3 is 9.64 Å². The van der Waals surface area contributed by atoms with E-state index in [1.54, 1.807) is 0 Å². The average molecular weight is 308 g/mol. The molecule has 0 aliphatic carbocycles. The zero-order valence-corrected chi connectivity index (χ0v) is 14.4. The summed E-state index contributed by atoms with van der Waals surface area (Å²) >= 11 is 1.95. The summed E-state index contributed by atoms with van der Waals surface area (Å²) in [6.07, 6.45) is 4.02. The highest BCUT2D eigenvalue weighted by atomic mass is 32.1. The predicted molar refractivity (Wildman–Crippen MR) is 88.9 cm³/mol. The number of nitrogens with zero attached hydrogens (tertiary/aromatic N) is 2. The Kier molecular flexibility index (Phi) is 4.69. The van der Waals surface area contributed by atoms with Gasteiger partial charge in [0.15, 0.2) is 0 Å². The smallest absolute Gasteiger partial charge is 0.0618 e. The average Bonchev–Trinajstić information content (AvgIpc) is 2.98. The van der Waals surface area contributed by atoms with E-state index >= 15 is 0 Å². The standard InChI is InChI=1S/C17H28N2OS/c1-14-4-5-16(21-14)11-19-8-6-17(7-9-19)10-15(12-20-3)18(2)13-17/h4-5,15H,6-13H2,1-3H3/t15-/m0/s1. The number of likely N-dealkylation sites (tertiary alicyclic amines) is 2. The number of likely N-dealkylation sites (N-methyl/N-ethyl adjacent to an activating group) is 1. The van der Waals surface area contributed by atoms with Crippen molar-refractivity contribution in [3.05, 3.63) is 21.9 Å². The van der Waals surface area contributed by atoms with Crippen molar-refractivity contribution in [1.82, 2.24) is 9.80 Å². The summed E-state index contributed by atoms with van der Waals surface area (Å²) in [4.78, 5) is 8.10. The number of piperidine rings is 1. The normalized spacial score (nSPS) is 26.7. The van der Waals surface area contributed by atoms with E-state index in [1.807, 2.05) is 18.4 Å². The second kappa shape index (κ2) is 6.37. The minimum atomic E-state index is 0.555. The first-order valence-electron chi connectivity index (χ1n) is 8.07. The van der Waals surface area contributed by atoms with Crippen LogP contribution in [0.1, 0.15) is 29.0 Å². The number of thiophene rings is 1. The SMILES string of the molecule is COC[C@@H]1CC2(CCN(Cc3ccc(C)s3)CC2)CN1C. The number of hydrogen-bond donors (Lipinski definition) is 0. The van der Waals surface area contributed by atoms with Gasteiger partial charge >= 0.3 is 0 Å². The zero-order chi connectivity index (χ0) is 14.9. The van der Waals surface area contributed by atoms with E-state index in [4.69, 9.17) is 4.74 Å². The Morgan fingerprint density at radius 2 is 2.10 bits per heavy atom. The molecular weight excluding hydrogens is 280 g/mol. The molecule has 1 aromatic heterocycles. The molecule has 0 bridgehead atoms. The van der Waals surface area contributed by atoms with Crippen LogP contribution in [-0.4, -0.2) is 56.2 Å². The number of aryl methyl sites for hydroxylation is 1. The Morgan fingerprint density at radius 1 is 1.33 bits per heavy atom. The Morgan fingerprint density at radius 3 is 2.71 bits per heavy atom. The lowest BCUT2D eigenvalue weighted by Crippen LogP contribution is -2.40. The van der Waals surface area contributed by atoms with Gasteiger partial charge in [-0.15, -0.1) is 11.3 Å². The van der Waals surface area contributed by atoms with E-state index in [0.717, 1.165) is 13.2 Å². The molecule has 0 amide bonds. The molecule has 2 aliphatic rings. The summed E-state index contributed by atoms with van der Waals surface area (Å²) in [5.41, 5.74) is 0.555. The van der Waals surface area contributed by atoms with E-state index in [1.165, 1.54) is 48.7 Å². The summed E-state index contributed by atoms with van der Waals surface area (Å²) in [5, 5.41) is 0. The van der Waals surface area contributed by atoms with Crippen LogP contribution in [0.15, 0.2) is 12.1 Å². The van der Waals surface area contributed by atoms with Crippen molar-refractivity contribution in [2.24, 2.45) is 5.41 Å². The Labute approximate surface area is 132 Å². The predicted octanol–water partition coefficient (Wildman–Crippen LogP) is 2.99. The third-order valence-corrected chi connectivity index (χ3v) is 6.31. The molecule has 118 valence electrons. The van der Waals surface area contributed by atoms with E-state index in [0.29, 0.717) is 11.5 Å². The van der Waals surface area contributed by atoms with Crippen LogP contribution in [0.4, 0.5) is 0 Å². The van der Waals surface area contributed by atoms with Crippen LogP contribution in [0, 0.1) is 12.3 Å². The van der Waals surface area contributed by atoms with Crippen molar-refractivity contribution in [3.8, 4) is 0 Å². The second-order valence-corrected chi connectivity index (χ2v) is 8.39. The van der Waals surface area contributed by atoms with Crippen LogP contribution in [-0.2, 0) is 11.3 Å². The summed E-state index contributed by atoms with van der Waals surface area (Å²) in [6, 6.07) is 5.16. The first-order chi connectivity index (χ1) is 10.1. The number of methoxy groups -OCH3 is 1. The van der Waals surface area contributed by atoms with E-state index in [-0.39, 0.29) is 0 Å². The maximum Gasteiger partial charge on any atom is 0.0618 e. The van der Waals surface area contributed by atoms with Crippen LogP contribution < -0.4 is 0 Å². The van der Waals surface area contributed by atoms with Gasteiger partial charge in [-0.1, -0.05) is 0 Å². The summed E-state index contributed by atoms with van der Waals surface area (Å²) in [7, 11) is 4.09. The summed E-state index contributed by atoms with van der Waals surface area (Å²) < 4.78 is 5.38. The zero-order valence-electron chi connectivity index (χ0n) is 13.6. The molecule has 21 heavy (non-hydrogen) atoms. The molecule has 2 fully saturated rings. The fourth-order valence-corrected chi connectivity index (χ4v) is 5.03. The van der Waals surface area contributed by atoms with Crippen molar-refractivity contribution in [2.75, 3.05) is 40.4 Å². The van der Waals surface area contributed by atoms with Gasteiger partial charge in [0, 0.05) is 36.0 Å². The molecule has 0 unspecified atom stereocenters. The molecule has 3 nitrogen and oxygen atoms in total. The minimum absolute atomic E-state index is 0.555. The molecule has 0 saturated carbocycles. The number of ether oxygens (including phenoxy) is 1. The van der Waals surface area contributed by atoms with E-state index in [2.05, 4.69) is 35.9 Å². The van der Waals surface area contributed by atoms with Crippen LogP contribution in [0.3, 0.4) is 0 Å². The molecule has 2 saturated heterocycles. The summed E-state index contributed by atoms with van der Waals surface area (Å²) in [6.45, 7) is 7.99. The lowest BCUT2D eigenvalue weighted by molar-refractivity contribution is 0.105. The molecule has 3 rings (SSSR count). The number of hydrogen-bond acceptors (Lipinski definition) is 4. The fourth-order valence-electron chi connectivity index (χ4n) is 4.10. The van der Waals surface area contributed by atoms with Gasteiger partial charge in [-0.25, -0.2) is 0 Å². The van der Waals surface area contributed by atoms with E-state index in [9.17, 15) is 0 Å². The Balaban J connectivity index is 1.53. The first kappa shape index (κ1) is 15.5. The maximum atomic E-state index is 5.38. The van der Waals surface area contributed by atoms with Gasteiger partial charge in [-0.2, -0.15) is 0 Å². The van der Waals surface area contributed by atoms with Crippen LogP contribution >= 0.6 is 11.3 Å². The Hall–Kier alpha value is -0.420. The van der Waals surface area contributed by atoms with Crippen molar-refractivity contribution in [2.45, 2.75) is 38.8 Å². The van der Waals surface area contributed by atoms with Gasteiger partial charge in [-0.3, -0.25) is 4.90 Å². The van der Waals surface area contributed by atoms with Gasteiger partial charge in [0.25, 0.3) is 0 Å². The largest absolute Gasteiger partial charge is 0.383 e. The Bertz CT molecular complexity index is 465. The fraction of sp³-hybridized carbons (Fsp3) is 0.765. The summed E-state index contributed by atoms with van der Waals surface area (Å²) in [5.74, 6) is 0. The second-order valence-electron chi connectivity index (χ2n) is 7.02. The van der Waals surface area contributed by atoms with Crippen molar-refractivity contribution in [3.63, 3.8) is 0 Å². The first-order valence-corrected chi connectivity index (χ1v) is 8.89. The topological polar surface area (TPSA) is 15.7 Å². The maximum absolute atomic E-state index is 5.38. The molecule has 0 N–H and O–H groups in total. The molecule has 1 atom stereocenters. The third-order valence-electron chi connectivity index (χ3n) is 5.33. The van der Waals surface area contributed by atoms with Crippen molar-refractivity contribution in [1.29, 1.82) is 0 Å². The highest BCUT2D eigenvalue weighted by molar-refractivity contribution is 7.11. The molecule has 1 spiro atoms. The van der Waals surface area contributed by atoms with Crippen LogP contribution in [0.5, 0.6) is 0 Å². The van der Waals surface area contributed by atoms with Gasteiger partial charge in [0.2, 0.25) is 0 Å². The quantitative estimate of drug-likeness (QED) is 0.850. The van der Waals surface area contributed by atoms with Crippen molar-refractivity contribution < 1.29 is 4.74 Å². The van der Waals surface area contributed by atoms with Crippen LogP contribution in [0.25, 0.3) is 0 Å². The van der Waals surface area contributed by atoms with Gasteiger partial charge in [0.1, 0.15) is 0 Å². The monoisotopic (exact) mass is 308 g/mol. The molecular formula is C17H28N2OS. The minimum Gasteiger partial charge on any atom is -0.383 e. The van der Waals surface area contributed by atoms with Gasteiger partial charge in [0.05, 0.1) is 6.61 Å². The highest BCUT2D eigenvalue weighted by Crippen LogP contribution is 2.43. The molecule has 4 heteroatoms. The highest BCUT2D eigenvalue weighted by Gasteiger charge is 2.43. The molecule has 0 radical (unpaired) electrons.